The van der Waals surface area contributed by atoms with E-state index in [-0.39, 0.29) is 24.8 Å². The van der Waals surface area contributed by atoms with Crippen LogP contribution < -0.4 is 5.32 Å². The highest BCUT2D eigenvalue weighted by atomic mass is 35.5. The van der Waals surface area contributed by atoms with Gasteiger partial charge in [0.25, 0.3) is 0 Å². The predicted molar refractivity (Wildman–Crippen MR) is 56.6 cm³/mol. The summed E-state index contributed by atoms with van der Waals surface area (Å²) in [6, 6.07) is 0. The lowest BCUT2D eigenvalue weighted by Gasteiger charge is -2.22. The summed E-state index contributed by atoms with van der Waals surface area (Å²) in [5.74, 6) is 0. The first-order valence-electron chi connectivity index (χ1n) is 4.24. The molecule has 0 aromatic rings. The number of nitrogens with one attached hydrogen (secondary N) is 1. The van der Waals surface area contributed by atoms with Crippen molar-refractivity contribution >= 4 is 24.8 Å². The lowest BCUT2D eigenvalue weighted by atomic mass is 9.97. The smallest absolute Gasteiger partial charge is 0.0321 e. The van der Waals surface area contributed by atoms with E-state index in [0.29, 0.717) is 5.54 Å². The van der Waals surface area contributed by atoms with Gasteiger partial charge in [-0.1, -0.05) is 0 Å². The summed E-state index contributed by atoms with van der Waals surface area (Å²) in [4.78, 5) is 2.43. The third-order valence-electron chi connectivity index (χ3n) is 2.88. The van der Waals surface area contributed by atoms with Gasteiger partial charge >= 0.3 is 0 Å². The first-order valence-corrected chi connectivity index (χ1v) is 4.24. The molecule has 0 radical (unpaired) electrons. The van der Waals surface area contributed by atoms with Gasteiger partial charge in [0.15, 0.2) is 0 Å². The molecule has 0 aromatic carbocycles. The Bertz CT molecular complexity index is 135. The number of nitrogens with zero attached hydrogens (tertiary/aromatic N) is 1. The van der Waals surface area contributed by atoms with Crippen molar-refractivity contribution in [3.05, 3.63) is 0 Å². The molecule has 2 saturated heterocycles. The Morgan fingerprint density at radius 1 is 1.25 bits per heavy atom. The van der Waals surface area contributed by atoms with Gasteiger partial charge in [0.1, 0.15) is 0 Å². The third kappa shape index (κ3) is 2.25. The minimum atomic E-state index is 0. The highest BCUT2D eigenvalue weighted by molar-refractivity contribution is 5.85. The summed E-state index contributed by atoms with van der Waals surface area (Å²) in [7, 11) is 2.22. The van der Waals surface area contributed by atoms with Crippen LogP contribution in [0.15, 0.2) is 0 Å². The molecular weight excluding hydrogens is 195 g/mol. The Kier molecular flexibility index (Phi) is 4.85. The molecule has 0 bridgehead atoms. The van der Waals surface area contributed by atoms with E-state index in [9.17, 15) is 0 Å². The van der Waals surface area contributed by atoms with Crippen LogP contribution in [0.25, 0.3) is 0 Å². The zero-order chi connectivity index (χ0) is 7.03. The molecule has 1 N–H and O–H groups in total. The molecule has 2 aliphatic heterocycles. The maximum atomic E-state index is 3.62. The van der Waals surface area contributed by atoms with Crippen molar-refractivity contribution in [2.75, 3.05) is 26.7 Å². The van der Waals surface area contributed by atoms with E-state index in [1.54, 1.807) is 0 Å². The van der Waals surface area contributed by atoms with Gasteiger partial charge in [0.05, 0.1) is 0 Å². The first-order chi connectivity index (χ1) is 4.81. The molecule has 2 aliphatic rings. The SMILES string of the molecule is CN1CCC2(CCCN2)C1.Cl.Cl. The first kappa shape index (κ1) is 12.5. The molecule has 4 heteroatoms. The maximum absolute atomic E-state index is 3.62. The number of halogens is 2. The largest absolute Gasteiger partial charge is 0.310 e. The molecule has 1 atom stereocenters. The Labute approximate surface area is 86.9 Å². The van der Waals surface area contributed by atoms with Crippen molar-refractivity contribution in [2.24, 2.45) is 0 Å². The molecule has 0 amide bonds. The second-order valence-electron chi connectivity index (χ2n) is 3.80. The van der Waals surface area contributed by atoms with Gasteiger partial charge < -0.3 is 10.2 Å². The van der Waals surface area contributed by atoms with Crippen LogP contribution in [0.2, 0.25) is 0 Å². The molecule has 0 aliphatic carbocycles. The highest BCUT2D eigenvalue weighted by Crippen LogP contribution is 2.28. The molecule has 2 heterocycles. The van der Waals surface area contributed by atoms with Gasteiger partial charge in [-0.2, -0.15) is 0 Å². The number of likely N-dealkylation sites (tertiary alicyclic amines) is 1. The van der Waals surface area contributed by atoms with Crippen molar-refractivity contribution in [1.29, 1.82) is 0 Å². The standard InChI is InChI=1S/C8H16N2.2ClH/c1-10-6-4-8(7-10)3-2-5-9-8;;/h9H,2-7H2,1H3;2*1H. The zero-order valence-corrected chi connectivity index (χ0v) is 9.14. The van der Waals surface area contributed by atoms with Crippen molar-refractivity contribution in [2.45, 2.75) is 24.8 Å². The van der Waals surface area contributed by atoms with E-state index in [1.807, 2.05) is 0 Å². The van der Waals surface area contributed by atoms with Crippen molar-refractivity contribution in [3.63, 3.8) is 0 Å². The number of likely N-dealkylation sites (N-methyl/N-ethyl adjacent to an activating group) is 1. The highest BCUT2D eigenvalue weighted by Gasteiger charge is 2.38. The number of hydrogen-bond donors (Lipinski definition) is 1. The molecule has 2 rings (SSSR count). The predicted octanol–water partition coefficient (Wildman–Crippen LogP) is 1.29. The van der Waals surface area contributed by atoms with Crippen LogP contribution in [-0.2, 0) is 0 Å². The Morgan fingerprint density at radius 3 is 2.42 bits per heavy atom. The average molecular weight is 213 g/mol. The van der Waals surface area contributed by atoms with Gasteiger partial charge in [0.2, 0.25) is 0 Å². The summed E-state index contributed by atoms with van der Waals surface area (Å²) in [5.41, 5.74) is 0.536. The molecule has 1 unspecified atom stereocenters. The van der Waals surface area contributed by atoms with Crippen LogP contribution in [0.4, 0.5) is 0 Å². The van der Waals surface area contributed by atoms with Crippen LogP contribution in [0, 0.1) is 0 Å². The van der Waals surface area contributed by atoms with Crippen LogP contribution in [-0.4, -0.2) is 37.1 Å². The van der Waals surface area contributed by atoms with Crippen LogP contribution in [0.1, 0.15) is 19.3 Å². The molecule has 0 aromatic heterocycles. The zero-order valence-electron chi connectivity index (χ0n) is 7.51. The second kappa shape index (κ2) is 4.66. The molecular formula is C8H18Cl2N2. The van der Waals surface area contributed by atoms with Gasteiger partial charge in [-0.25, -0.2) is 0 Å². The summed E-state index contributed by atoms with van der Waals surface area (Å²) >= 11 is 0. The van der Waals surface area contributed by atoms with Crippen molar-refractivity contribution in [1.82, 2.24) is 10.2 Å². The Balaban J connectivity index is 0.000000605. The Morgan fingerprint density at radius 2 is 2.00 bits per heavy atom. The number of rotatable bonds is 0. The van der Waals surface area contributed by atoms with Gasteiger partial charge in [0, 0.05) is 12.1 Å². The lowest BCUT2D eigenvalue weighted by Crippen LogP contribution is -2.41. The van der Waals surface area contributed by atoms with E-state index in [4.69, 9.17) is 0 Å². The van der Waals surface area contributed by atoms with E-state index in [0.717, 1.165) is 0 Å². The Hall–Kier alpha value is 0.500. The van der Waals surface area contributed by atoms with Crippen molar-refractivity contribution in [3.8, 4) is 0 Å². The van der Waals surface area contributed by atoms with Crippen LogP contribution in [0.5, 0.6) is 0 Å². The quantitative estimate of drug-likeness (QED) is 0.652. The van der Waals surface area contributed by atoms with Gasteiger partial charge in [-0.05, 0) is 39.4 Å². The average Bonchev–Trinajstić information content (AvgIpc) is 2.46. The maximum Gasteiger partial charge on any atom is 0.0321 e. The molecule has 0 saturated carbocycles. The summed E-state index contributed by atoms with van der Waals surface area (Å²) < 4.78 is 0. The molecule has 12 heavy (non-hydrogen) atoms. The fraction of sp³-hybridized carbons (Fsp3) is 1.00. The minimum absolute atomic E-state index is 0. The third-order valence-corrected chi connectivity index (χ3v) is 2.88. The van der Waals surface area contributed by atoms with E-state index in [1.165, 1.54) is 38.9 Å². The lowest BCUT2D eigenvalue weighted by molar-refractivity contribution is 0.344. The molecule has 2 nitrogen and oxygen atoms in total. The van der Waals surface area contributed by atoms with E-state index >= 15 is 0 Å². The topological polar surface area (TPSA) is 15.3 Å². The summed E-state index contributed by atoms with van der Waals surface area (Å²) in [5, 5.41) is 3.62. The van der Waals surface area contributed by atoms with Crippen molar-refractivity contribution < 1.29 is 0 Å². The van der Waals surface area contributed by atoms with E-state index in [2.05, 4.69) is 17.3 Å². The van der Waals surface area contributed by atoms with E-state index < -0.39 is 0 Å². The fourth-order valence-corrected chi connectivity index (χ4v) is 2.30. The fourth-order valence-electron chi connectivity index (χ4n) is 2.30. The molecule has 74 valence electrons. The normalized spacial score (nSPS) is 34.8. The second-order valence-corrected chi connectivity index (χ2v) is 3.80. The minimum Gasteiger partial charge on any atom is -0.310 e. The van der Waals surface area contributed by atoms with Crippen LogP contribution in [0.3, 0.4) is 0 Å². The summed E-state index contributed by atoms with van der Waals surface area (Å²) in [6.07, 6.45) is 4.15. The van der Waals surface area contributed by atoms with Gasteiger partial charge in [-0.15, -0.1) is 24.8 Å². The van der Waals surface area contributed by atoms with Gasteiger partial charge in [-0.3, -0.25) is 0 Å². The monoisotopic (exact) mass is 212 g/mol. The molecule has 2 fully saturated rings. The summed E-state index contributed by atoms with van der Waals surface area (Å²) in [6.45, 7) is 3.80. The molecule has 1 spiro atoms. The van der Waals surface area contributed by atoms with Crippen LogP contribution >= 0.6 is 24.8 Å². The number of hydrogen-bond acceptors (Lipinski definition) is 2.